The monoisotopic (exact) mass is 344 g/mol. The van der Waals surface area contributed by atoms with Crippen LogP contribution in [-0.4, -0.2) is 29.6 Å². The van der Waals surface area contributed by atoms with Crippen molar-refractivity contribution in [1.29, 1.82) is 0 Å². The first-order valence-corrected chi connectivity index (χ1v) is 8.20. The molecule has 5 nitrogen and oxygen atoms in total. The van der Waals surface area contributed by atoms with Gasteiger partial charge in [0.2, 0.25) is 0 Å². The quantitative estimate of drug-likeness (QED) is 0.925. The van der Waals surface area contributed by atoms with Crippen molar-refractivity contribution in [2.24, 2.45) is 0 Å². The molecule has 1 atom stereocenters. The molecule has 0 saturated carbocycles. The zero-order chi connectivity index (χ0) is 14.2. The summed E-state index contributed by atoms with van der Waals surface area (Å²) in [4.78, 5) is 0.170. The highest BCUT2D eigenvalue weighted by molar-refractivity contribution is 9.10. The fourth-order valence-electron chi connectivity index (χ4n) is 1.64. The minimum Gasteiger partial charge on any atom is -0.389 e. The number of sulfone groups is 1. The molecule has 1 N–H and O–H groups in total. The molecule has 0 aliphatic rings. The maximum Gasteiger partial charge on any atom is 0.178 e. The summed E-state index contributed by atoms with van der Waals surface area (Å²) in [5.74, 6) is 0. The Morgan fingerprint density at radius 2 is 2.11 bits per heavy atom. The van der Waals surface area contributed by atoms with Gasteiger partial charge in [0, 0.05) is 16.9 Å². The molecule has 0 saturated heterocycles. The first kappa shape index (κ1) is 14.2. The van der Waals surface area contributed by atoms with Gasteiger partial charge >= 0.3 is 0 Å². The molecule has 1 aromatic heterocycles. The Balaban J connectivity index is 2.43. The third kappa shape index (κ3) is 3.05. The van der Waals surface area contributed by atoms with Crippen molar-refractivity contribution in [2.75, 3.05) is 6.26 Å². The summed E-state index contributed by atoms with van der Waals surface area (Å²) in [5.41, 5.74) is 1.48. The average molecular weight is 345 g/mol. The highest BCUT2D eigenvalue weighted by atomic mass is 79.9. The van der Waals surface area contributed by atoms with Crippen LogP contribution in [0.1, 0.15) is 18.6 Å². The first-order chi connectivity index (χ1) is 8.79. The molecule has 0 unspecified atom stereocenters. The summed E-state index contributed by atoms with van der Waals surface area (Å²) in [7, 11) is -3.26. The van der Waals surface area contributed by atoms with Gasteiger partial charge in [0.15, 0.2) is 9.84 Å². The minimum absolute atomic E-state index is 0.170. The minimum atomic E-state index is -3.26. The normalized spacial score (nSPS) is 13.5. The highest BCUT2D eigenvalue weighted by Crippen LogP contribution is 2.26. The smallest absolute Gasteiger partial charge is 0.178 e. The molecule has 0 fully saturated rings. The van der Waals surface area contributed by atoms with E-state index in [2.05, 4.69) is 21.0 Å². The number of halogens is 1. The van der Waals surface area contributed by atoms with Crippen molar-refractivity contribution in [3.8, 4) is 5.69 Å². The van der Waals surface area contributed by atoms with E-state index in [1.54, 1.807) is 25.1 Å². The van der Waals surface area contributed by atoms with Crippen molar-refractivity contribution < 1.29 is 13.5 Å². The van der Waals surface area contributed by atoms with Gasteiger partial charge in [0.05, 0.1) is 18.0 Å². The number of benzene rings is 1. The second-order valence-corrected chi connectivity index (χ2v) is 7.14. The van der Waals surface area contributed by atoms with Gasteiger partial charge in [0.25, 0.3) is 0 Å². The summed E-state index contributed by atoms with van der Waals surface area (Å²) >= 11 is 3.37. The Kier molecular flexibility index (Phi) is 3.80. The van der Waals surface area contributed by atoms with Crippen LogP contribution in [0.25, 0.3) is 5.69 Å². The number of aromatic nitrogens is 2. The lowest BCUT2D eigenvalue weighted by atomic mass is 10.1. The molecule has 0 aliphatic carbocycles. The summed E-state index contributed by atoms with van der Waals surface area (Å²) in [6, 6.07) is 5.32. The van der Waals surface area contributed by atoms with Crippen LogP contribution in [-0.2, 0) is 9.84 Å². The zero-order valence-electron chi connectivity index (χ0n) is 10.4. The molecule has 2 rings (SSSR count). The lowest BCUT2D eigenvalue weighted by Crippen LogP contribution is -1.98. The third-order valence-corrected chi connectivity index (χ3v) is 4.44. The molecular formula is C12H13BrN2O3S. The third-order valence-electron chi connectivity index (χ3n) is 2.69. The van der Waals surface area contributed by atoms with Gasteiger partial charge in [-0.15, -0.1) is 0 Å². The molecule has 0 radical (unpaired) electrons. The van der Waals surface area contributed by atoms with Gasteiger partial charge in [-0.1, -0.05) is 22.0 Å². The van der Waals surface area contributed by atoms with Crippen LogP contribution in [0.2, 0.25) is 0 Å². The van der Waals surface area contributed by atoms with Crippen LogP contribution < -0.4 is 0 Å². The molecule has 1 heterocycles. The fourth-order valence-corrected chi connectivity index (χ4v) is 2.86. The molecule has 0 aliphatic heterocycles. The van der Waals surface area contributed by atoms with E-state index in [-0.39, 0.29) is 4.90 Å². The number of hydrogen-bond acceptors (Lipinski definition) is 4. The Bertz CT molecular complexity index is 708. The molecule has 102 valence electrons. The Morgan fingerprint density at radius 3 is 2.58 bits per heavy atom. The molecule has 0 spiro atoms. The standard InChI is InChI=1S/C12H13BrN2O3S/c1-8(16)11-4-3-9(5-12(11)13)15-7-10(6-14-15)19(2,17)18/h3-8,16H,1-2H3/t8-/m1/s1. The number of aliphatic hydroxyl groups excluding tert-OH is 1. The van der Waals surface area contributed by atoms with Crippen molar-refractivity contribution in [2.45, 2.75) is 17.9 Å². The van der Waals surface area contributed by atoms with Gasteiger partial charge in [-0.2, -0.15) is 5.10 Å². The molecule has 7 heteroatoms. The fraction of sp³-hybridized carbons (Fsp3) is 0.250. The second-order valence-electron chi connectivity index (χ2n) is 4.27. The van der Waals surface area contributed by atoms with Gasteiger partial charge in [0.1, 0.15) is 4.90 Å². The largest absolute Gasteiger partial charge is 0.389 e. The van der Waals surface area contributed by atoms with Crippen LogP contribution in [0, 0.1) is 0 Å². The van der Waals surface area contributed by atoms with Crippen molar-refractivity contribution in [3.05, 3.63) is 40.6 Å². The lowest BCUT2D eigenvalue weighted by Gasteiger charge is -2.09. The van der Waals surface area contributed by atoms with Crippen LogP contribution in [0.4, 0.5) is 0 Å². The number of aliphatic hydroxyl groups is 1. The van der Waals surface area contributed by atoms with E-state index >= 15 is 0 Å². The maximum absolute atomic E-state index is 11.4. The summed E-state index contributed by atoms with van der Waals surface area (Å²) in [6.45, 7) is 1.68. The van der Waals surface area contributed by atoms with Crippen molar-refractivity contribution >= 4 is 25.8 Å². The number of hydrogen-bond donors (Lipinski definition) is 1. The van der Waals surface area contributed by atoms with E-state index in [4.69, 9.17) is 0 Å². The number of rotatable bonds is 3. The van der Waals surface area contributed by atoms with Gasteiger partial charge in [-0.3, -0.25) is 0 Å². The van der Waals surface area contributed by atoms with Gasteiger partial charge < -0.3 is 5.11 Å². The Morgan fingerprint density at radius 1 is 1.42 bits per heavy atom. The van der Waals surface area contributed by atoms with Gasteiger partial charge in [-0.25, -0.2) is 13.1 Å². The molecule has 19 heavy (non-hydrogen) atoms. The molecule has 0 bridgehead atoms. The SMILES string of the molecule is C[C@@H](O)c1ccc(-n2cc(S(C)(=O)=O)cn2)cc1Br. The molecule has 1 aromatic carbocycles. The molecular weight excluding hydrogens is 332 g/mol. The predicted octanol–water partition coefficient (Wildman–Crippen LogP) is 2.09. The Labute approximate surface area is 119 Å². The van der Waals surface area contributed by atoms with E-state index < -0.39 is 15.9 Å². The van der Waals surface area contributed by atoms with E-state index in [0.29, 0.717) is 5.69 Å². The first-order valence-electron chi connectivity index (χ1n) is 5.51. The summed E-state index contributed by atoms with van der Waals surface area (Å²) < 4.78 is 25.0. The molecule has 0 amide bonds. The van der Waals surface area contributed by atoms with Crippen molar-refractivity contribution in [1.82, 2.24) is 9.78 Å². The van der Waals surface area contributed by atoms with Crippen molar-refractivity contribution in [3.63, 3.8) is 0 Å². The van der Waals surface area contributed by atoms with Crippen LogP contribution in [0.5, 0.6) is 0 Å². The van der Waals surface area contributed by atoms with Crippen LogP contribution in [0.15, 0.2) is 40.0 Å². The average Bonchev–Trinajstić information content (AvgIpc) is 2.76. The summed E-state index contributed by atoms with van der Waals surface area (Å²) in [5, 5.41) is 13.6. The molecule has 2 aromatic rings. The van der Waals surface area contributed by atoms with Gasteiger partial charge in [-0.05, 0) is 24.6 Å². The lowest BCUT2D eigenvalue weighted by molar-refractivity contribution is 0.198. The van der Waals surface area contributed by atoms with E-state index in [1.165, 1.54) is 17.1 Å². The second kappa shape index (κ2) is 5.07. The van der Waals surface area contributed by atoms with E-state index in [9.17, 15) is 13.5 Å². The predicted molar refractivity (Wildman–Crippen MR) is 75.0 cm³/mol. The maximum atomic E-state index is 11.4. The topological polar surface area (TPSA) is 72.2 Å². The Hall–Kier alpha value is -1.18. The zero-order valence-corrected chi connectivity index (χ0v) is 12.8. The van der Waals surface area contributed by atoms with E-state index in [1.807, 2.05) is 0 Å². The van der Waals surface area contributed by atoms with E-state index in [0.717, 1.165) is 16.3 Å². The summed E-state index contributed by atoms with van der Waals surface area (Å²) in [6.07, 6.45) is 3.33. The number of nitrogens with zero attached hydrogens (tertiary/aromatic N) is 2. The highest BCUT2D eigenvalue weighted by Gasteiger charge is 2.12. The van der Waals surface area contributed by atoms with Crippen LogP contribution >= 0.6 is 15.9 Å². The van der Waals surface area contributed by atoms with Crippen LogP contribution in [0.3, 0.4) is 0 Å².